The Hall–Kier alpha value is -5.75. The number of hydrogen-bond donors (Lipinski definition) is 2. The first-order chi connectivity index (χ1) is 22.7. The highest BCUT2D eigenvalue weighted by Gasteiger charge is 2.42. The Kier molecular flexibility index (Phi) is 8.85. The SMILES string of the molecule is COc1cc([N+](=O)[O-])ccc1-n1c(C)cc(C2C(c3ccccn3)NC(=S)N2c2ccc(NC(=O)COc3ccccc3)cc2)c1C. The van der Waals surface area contributed by atoms with Gasteiger partial charge in [-0.1, -0.05) is 24.3 Å². The van der Waals surface area contributed by atoms with E-state index in [9.17, 15) is 14.9 Å². The second kappa shape index (κ2) is 13.3. The van der Waals surface area contributed by atoms with Crippen LogP contribution in [-0.2, 0) is 4.79 Å². The number of nitrogens with one attached hydrogen (secondary N) is 2. The monoisotopic (exact) mass is 648 g/mol. The number of carbonyl (C=O) groups is 1. The number of aryl methyl sites for hydroxylation is 1. The van der Waals surface area contributed by atoms with Gasteiger partial charge in [-0.05, 0) is 92.3 Å². The Bertz CT molecular complexity index is 1930. The Morgan fingerprint density at radius 3 is 2.45 bits per heavy atom. The zero-order chi connectivity index (χ0) is 33.1. The molecule has 2 N–H and O–H groups in total. The first-order valence-corrected chi connectivity index (χ1v) is 15.3. The van der Waals surface area contributed by atoms with Crippen LogP contribution in [-0.4, -0.2) is 39.2 Å². The molecule has 3 aromatic carbocycles. The van der Waals surface area contributed by atoms with E-state index in [4.69, 9.17) is 21.7 Å². The average molecular weight is 649 g/mol. The van der Waals surface area contributed by atoms with Crippen LogP contribution in [0.3, 0.4) is 0 Å². The molecule has 0 spiro atoms. The summed E-state index contributed by atoms with van der Waals surface area (Å²) in [4.78, 5) is 30.3. The van der Waals surface area contributed by atoms with E-state index in [0.717, 1.165) is 28.3 Å². The molecule has 1 saturated heterocycles. The number of rotatable bonds is 10. The maximum atomic E-state index is 12.6. The van der Waals surface area contributed by atoms with Crippen molar-refractivity contribution in [1.82, 2.24) is 14.9 Å². The Balaban J connectivity index is 1.33. The third-order valence-electron chi connectivity index (χ3n) is 8.04. The van der Waals surface area contributed by atoms with Crippen LogP contribution in [0.5, 0.6) is 11.5 Å². The number of anilines is 2. The second-order valence-corrected chi connectivity index (χ2v) is 11.4. The number of thiocarbonyl (C=S) groups is 1. The van der Waals surface area contributed by atoms with E-state index in [2.05, 4.69) is 26.6 Å². The molecule has 0 saturated carbocycles. The van der Waals surface area contributed by atoms with Gasteiger partial charge < -0.3 is 29.6 Å². The van der Waals surface area contributed by atoms with Gasteiger partial charge >= 0.3 is 0 Å². The summed E-state index contributed by atoms with van der Waals surface area (Å²) in [5, 5.41) is 18.3. The van der Waals surface area contributed by atoms with Gasteiger partial charge in [-0.15, -0.1) is 0 Å². The lowest BCUT2D eigenvalue weighted by molar-refractivity contribution is -0.384. The molecule has 5 aromatic rings. The summed E-state index contributed by atoms with van der Waals surface area (Å²) < 4.78 is 13.2. The molecule has 47 heavy (non-hydrogen) atoms. The third-order valence-corrected chi connectivity index (χ3v) is 8.36. The van der Waals surface area contributed by atoms with Crippen LogP contribution >= 0.6 is 12.2 Å². The fraction of sp³-hybridized carbons (Fsp3) is 0.171. The summed E-state index contributed by atoms with van der Waals surface area (Å²) in [7, 11) is 1.50. The molecular formula is C35H32N6O5S. The van der Waals surface area contributed by atoms with Gasteiger partial charge in [0.1, 0.15) is 11.5 Å². The lowest BCUT2D eigenvalue weighted by atomic mass is 9.96. The van der Waals surface area contributed by atoms with Gasteiger partial charge in [0.25, 0.3) is 11.6 Å². The smallest absolute Gasteiger partial charge is 0.273 e. The normalized spacial score (nSPS) is 15.6. The molecule has 1 aliphatic heterocycles. The van der Waals surface area contributed by atoms with Crippen LogP contribution in [0.15, 0.2) is 103 Å². The van der Waals surface area contributed by atoms with E-state index >= 15 is 0 Å². The minimum absolute atomic E-state index is 0.0524. The van der Waals surface area contributed by atoms with Gasteiger partial charge in [-0.3, -0.25) is 19.9 Å². The van der Waals surface area contributed by atoms with E-state index in [1.807, 2.05) is 79.1 Å². The number of pyridine rings is 1. The van der Waals surface area contributed by atoms with Crippen LogP contribution in [0.2, 0.25) is 0 Å². The van der Waals surface area contributed by atoms with Gasteiger partial charge in [0.2, 0.25) is 0 Å². The van der Waals surface area contributed by atoms with Gasteiger partial charge in [0.05, 0.1) is 41.6 Å². The molecule has 1 amide bonds. The number of aromatic nitrogens is 2. The van der Waals surface area contributed by atoms with Crippen molar-refractivity contribution < 1.29 is 19.2 Å². The second-order valence-electron chi connectivity index (χ2n) is 11.0. The first-order valence-electron chi connectivity index (χ1n) is 14.8. The topological polar surface area (TPSA) is 124 Å². The lowest BCUT2D eigenvalue weighted by Gasteiger charge is -2.28. The quantitative estimate of drug-likeness (QED) is 0.0979. The molecule has 12 heteroatoms. The van der Waals surface area contributed by atoms with Crippen LogP contribution in [0.1, 0.15) is 34.7 Å². The Morgan fingerprint density at radius 1 is 1.02 bits per heavy atom. The molecule has 11 nitrogen and oxygen atoms in total. The number of hydrogen-bond acceptors (Lipinski definition) is 7. The fourth-order valence-corrected chi connectivity index (χ4v) is 6.29. The summed E-state index contributed by atoms with van der Waals surface area (Å²) >= 11 is 5.93. The van der Waals surface area contributed by atoms with Gasteiger partial charge in [0, 0.05) is 35.0 Å². The number of methoxy groups -OCH3 is 1. The van der Waals surface area contributed by atoms with Crippen molar-refractivity contribution in [2.75, 3.05) is 23.9 Å². The number of non-ortho nitro benzene ring substituents is 1. The van der Waals surface area contributed by atoms with Crippen LogP contribution in [0, 0.1) is 24.0 Å². The van der Waals surface area contributed by atoms with Crippen molar-refractivity contribution in [3.8, 4) is 17.2 Å². The molecule has 1 aliphatic rings. The highest BCUT2D eigenvalue weighted by atomic mass is 32.1. The van der Waals surface area contributed by atoms with Crippen molar-refractivity contribution in [3.63, 3.8) is 0 Å². The Labute approximate surface area is 276 Å². The predicted molar refractivity (Wildman–Crippen MR) is 183 cm³/mol. The number of carbonyl (C=O) groups excluding carboxylic acids is 1. The molecule has 0 aliphatic carbocycles. The molecule has 2 unspecified atom stereocenters. The van der Waals surface area contributed by atoms with Crippen LogP contribution < -0.4 is 25.0 Å². The van der Waals surface area contributed by atoms with Crippen molar-refractivity contribution in [1.29, 1.82) is 0 Å². The van der Waals surface area contributed by atoms with Gasteiger partial charge in [-0.2, -0.15) is 0 Å². The van der Waals surface area contributed by atoms with E-state index in [-0.39, 0.29) is 30.3 Å². The number of nitrogens with zero attached hydrogens (tertiary/aromatic N) is 4. The number of ether oxygens (including phenoxy) is 2. The molecule has 0 bridgehead atoms. The zero-order valence-corrected chi connectivity index (χ0v) is 26.7. The molecular weight excluding hydrogens is 616 g/mol. The summed E-state index contributed by atoms with van der Waals surface area (Å²) in [5.74, 6) is 0.729. The number of benzene rings is 3. The first kappa shape index (κ1) is 31.2. The molecule has 0 radical (unpaired) electrons. The number of nitro benzene ring substituents is 1. The molecule has 6 rings (SSSR count). The van der Waals surface area contributed by atoms with Crippen molar-refractivity contribution in [2.45, 2.75) is 25.9 Å². The van der Waals surface area contributed by atoms with Crippen LogP contribution in [0.4, 0.5) is 17.1 Å². The maximum absolute atomic E-state index is 12.6. The molecule has 3 heterocycles. The van der Waals surface area contributed by atoms with Crippen molar-refractivity contribution in [3.05, 3.63) is 136 Å². The molecule has 1 fully saturated rings. The van der Waals surface area contributed by atoms with E-state index in [0.29, 0.717) is 28.0 Å². The summed E-state index contributed by atoms with van der Waals surface area (Å²) in [6.07, 6.45) is 1.75. The summed E-state index contributed by atoms with van der Waals surface area (Å²) in [6, 6.07) is 28.5. The fourth-order valence-electron chi connectivity index (χ4n) is 5.94. The van der Waals surface area contributed by atoms with E-state index in [1.54, 1.807) is 24.4 Å². The minimum atomic E-state index is -0.442. The predicted octanol–water partition coefficient (Wildman–Crippen LogP) is 6.60. The maximum Gasteiger partial charge on any atom is 0.273 e. The number of para-hydroxylation sites is 1. The van der Waals surface area contributed by atoms with Gasteiger partial charge in [0.15, 0.2) is 11.7 Å². The van der Waals surface area contributed by atoms with Gasteiger partial charge in [-0.25, -0.2) is 0 Å². The van der Waals surface area contributed by atoms with Crippen molar-refractivity contribution in [2.24, 2.45) is 0 Å². The minimum Gasteiger partial charge on any atom is -0.494 e. The molecule has 238 valence electrons. The Morgan fingerprint density at radius 2 is 1.77 bits per heavy atom. The highest BCUT2D eigenvalue weighted by Crippen LogP contribution is 2.44. The number of amides is 1. The largest absolute Gasteiger partial charge is 0.494 e. The summed E-state index contributed by atoms with van der Waals surface area (Å²) in [6.45, 7) is 3.88. The van der Waals surface area contributed by atoms with E-state index in [1.165, 1.54) is 19.2 Å². The van der Waals surface area contributed by atoms with Crippen molar-refractivity contribution >= 4 is 40.3 Å². The molecule has 2 aromatic heterocycles. The zero-order valence-electron chi connectivity index (χ0n) is 25.9. The molecule has 2 atom stereocenters. The lowest BCUT2D eigenvalue weighted by Crippen LogP contribution is -2.29. The van der Waals surface area contributed by atoms with Crippen LogP contribution in [0.25, 0.3) is 5.69 Å². The standard InChI is InChI=1S/C35H32N6O5S/c1-22-19-28(23(2)39(22)30-17-16-26(41(43)44)20-31(30)45-3)34-33(29-11-7-8-18-36-29)38-35(47)40(34)25-14-12-24(13-15-25)37-32(42)21-46-27-9-5-4-6-10-27/h4-20,33-34H,21H2,1-3H3,(H,37,42)(H,38,47). The third kappa shape index (κ3) is 6.36. The average Bonchev–Trinajstić information content (AvgIpc) is 3.58. The number of nitro groups is 1. The summed E-state index contributed by atoms with van der Waals surface area (Å²) in [5.41, 5.74) is 5.71. The van der Waals surface area contributed by atoms with E-state index < -0.39 is 4.92 Å². The highest BCUT2D eigenvalue weighted by molar-refractivity contribution is 7.80.